The number of H-pyrrole nitrogens is 1. The van der Waals surface area contributed by atoms with Crippen LogP contribution in [-0.2, 0) is 12.2 Å². The molecule has 0 radical (unpaired) electrons. The first kappa shape index (κ1) is 19.6. The van der Waals surface area contributed by atoms with Crippen molar-refractivity contribution in [1.82, 2.24) is 34.2 Å². The third kappa shape index (κ3) is 3.64. The van der Waals surface area contributed by atoms with Gasteiger partial charge in [0.05, 0.1) is 11.3 Å². The monoisotopic (exact) mass is 455 g/mol. The summed E-state index contributed by atoms with van der Waals surface area (Å²) in [6, 6.07) is 8.91. The van der Waals surface area contributed by atoms with Gasteiger partial charge in [0.25, 0.3) is 11.1 Å². The molecule has 5 aromatic rings. The van der Waals surface area contributed by atoms with Crippen LogP contribution in [0.4, 0.5) is 4.39 Å². The van der Waals surface area contributed by atoms with E-state index in [1.165, 1.54) is 50.3 Å². The summed E-state index contributed by atoms with van der Waals surface area (Å²) < 4.78 is 17.0. The second-order valence-corrected chi connectivity index (χ2v) is 8.52. The fourth-order valence-corrected chi connectivity index (χ4v) is 4.70. The second kappa shape index (κ2) is 7.71. The van der Waals surface area contributed by atoms with E-state index in [1.54, 1.807) is 18.2 Å². The van der Waals surface area contributed by atoms with Gasteiger partial charge in [0, 0.05) is 17.9 Å². The maximum atomic E-state index is 14.3. The van der Waals surface area contributed by atoms with Crippen molar-refractivity contribution >= 4 is 33.7 Å². The van der Waals surface area contributed by atoms with Crippen molar-refractivity contribution in [1.29, 1.82) is 0 Å². The molecule has 0 atom stereocenters. The SMILES string of the molecule is CCc1nn2c(=O)cc(CSc3nc(-c4ccccc4F)nc4cc(=O)[nH]n34)nc2s1. The Morgan fingerprint density at radius 2 is 2.00 bits per heavy atom. The van der Waals surface area contributed by atoms with Crippen LogP contribution in [0, 0.1) is 5.82 Å². The highest BCUT2D eigenvalue weighted by atomic mass is 32.2. The van der Waals surface area contributed by atoms with Gasteiger partial charge in [0.1, 0.15) is 10.8 Å². The maximum absolute atomic E-state index is 14.3. The highest BCUT2D eigenvalue weighted by molar-refractivity contribution is 7.98. The molecule has 0 aliphatic heterocycles. The third-order valence-electron chi connectivity index (χ3n) is 4.43. The number of nitrogens with zero attached hydrogens (tertiary/aromatic N) is 6. The lowest BCUT2D eigenvalue weighted by atomic mass is 10.2. The van der Waals surface area contributed by atoms with Crippen molar-refractivity contribution in [2.24, 2.45) is 0 Å². The number of rotatable bonds is 5. The minimum atomic E-state index is -0.460. The minimum Gasteiger partial charge on any atom is -0.268 e. The highest BCUT2D eigenvalue weighted by Crippen LogP contribution is 2.25. The molecule has 5 rings (SSSR count). The van der Waals surface area contributed by atoms with Crippen molar-refractivity contribution in [3.05, 3.63) is 73.6 Å². The number of hydrogen-bond acceptors (Lipinski definition) is 8. The van der Waals surface area contributed by atoms with Crippen molar-refractivity contribution in [2.45, 2.75) is 24.3 Å². The van der Waals surface area contributed by atoms with E-state index in [0.717, 1.165) is 11.4 Å². The molecule has 0 saturated heterocycles. The molecule has 4 heterocycles. The van der Waals surface area contributed by atoms with Gasteiger partial charge < -0.3 is 0 Å². The molecule has 0 bridgehead atoms. The Balaban J connectivity index is 1.54. The summed E-state index contributed by atoms with van der Waals surface area (Å²) in [7, 11) is 0. The van der Waals surface area contributed by atoms with Crippen molar-refractivity contribution in [3.8, 4) is 11.4 Å². The molecular formula is C19H14FN7O2S2. The van der Waals surface area contributed by atoms with E-state index < -0.39 is 5.82 Å². The summed E-state index contributed by atoms with van der Waals surface area (Å²) >= 11 is 2.62. The Morgan fingerprint density at radius 3 is 2.81 bits per heavy atom. The first-order chi connectivity index (χ1) is 15.0. The summed E-state index contributed by atoms with van der Waals surface area (Å²) in [5.74, 6) is 0.0181. The number of nitrogens with one attached hydrogen (secondary N) is 1. The van der Waals surface area contributed by atoms with Gasteiger partial charge in [-0.3, -0.25) is 14.7 Å². The summed E-state index contributed by atoms with van der Waals surface area (Å²) in [6.07, 6.45) is 0.719. The zero-order valence-electron chi connectivity index (χ0n) is 16.1. The molecule has 31 heavy (non-hydrogen) atoms. The zero-order valence-corrected chi connectivity index (χ0v) is 17.7. The van der Waals surface area contributed by atoms with Gasteiger partial charge in [0.15, 0.2) is 16.6 Å². The number of aromatic nitrogens is 7. The van der Waals surface area contributed by atoms with Crippen molar-refractivity contribution < 1.29 is 4.39 Å². The fraction of sp³-hybridized carbons (Fsp3) is 0.158. The predicted octanol–water partition coefficient (Wildman–Crippen LogP) is 2.54. The lowest BCUT2D eigenvalue weighted by Crippen LogP contribution is -2.15. The van der Waals surface area contributed by atoms with E-state index in [0.29, 0.717) is 27.2 Å². The Morgan fingerprint density at radius 1 is 1.16 bits per heavy atom. The second-order valence-electron chi connectivity index (χ2n) is 6.54. The number of thioether (sulfide) groups is 1. The van der Waals surface area contributed by atoms with Gasteiger partial charge in [0.2, 0.25) is 4.96 Å². The largest absolute Gasteiger partial charge is 0.275 e. The molecule has 156 valence electrons. The molecule has 12 heteroatoms. The van der Waals surface area contributed by atoms with E-state index in [9.17, 15) is 14.0 Å². The average Bonchev–Trinajstić information content (AvgIpc) is 3.35. The van der Waals surface area contributed by atoms with E-state index in [2.05, 4.69) is 25.1 Å². The maximum Gasteiger partial charge on any atom is 0.275 e. The summed E-state index contributed by atoms with van der Waals surface area (Å²) in [4.78, 5) is 38.0. The fourth-order valence-electron chi connectivity index (χ4n) is 2.99. The average molecular weight is 456 g/mol. The number of aryl methyl sites for hydroxylation is 1. The summed E-state index contributed by atoms with van der Waals surface area (Å²) in [5.41, 5.74) is 0.492. The van der Waals surface area contributed by atoms with Gasteiger partial charge in [-0.15, -0.1) is 0 Å². The number of halogens is 1. The summed E-state index contributed by atoms with van der Waals surface area (Å²) in [6.45, 7) is 1.96. The molecule has 4 aromatic heterocycles. The van der Waals surface area contributed by atoms with Gasteiger partial charge in [-0.05, 0) is 18.6 Å². The van der Waals surface area contributed by atoms with E-state index in [1.807, 2.05) is 6.92 Å². The van der Waals surface area contributed by atoms with Crippen LogP contribution in [0.1, 0.15) is 17.6 Å². The zero-order chi connectivity index (χ0) is 21.5. The summed E-state index contributed by atoms with van der Waals surface area (Å²) in [5, 5.41) is 8.10. The molecule has 0 aliphatic rings. The van der Waals surface area contributed by atoms with Crippen molar-refractivity contribution in [2.75, 3.05) is 0 Å². The molecule has 9 nitrogen and oxygen atoms in total. The molecular weight excluding hydrogens is 441 g/mol. The molecule has 0 amide bonds. The van der Waals surface area contributed by atoms with Crippen LogP contribution < -0.4 is 11.1 Å². The first-order valence-corrected chi connectivity index (χ1v) is 11.1. The van der Waals surface area contributed by atoms with E-state index in [4.69, 9.17) is 0 Å². The van der Waals surface area contributed by atoms with Crippen LogP contribution >= 0.6 is 23.1 Å². The van der Waals surface area contributed by atoms with E-state index >= 15 is 0 Å². The van der Waals surface area contributed by atoms with Crippen LogP contribution in [0.15, 0.2) is 51.1 Å². The Labute approximate surface area is 181 Å². The van der Waals surface area contributed by atoms with Crippen LogP contribution in [0.2, 0.25) is 0 Å². The van der Waals surface area contributed by atoms with Gasteiger partial charge in [-0.1, -0.05) is 42.2 Å². The number of aromatic amines is 1. The Bertz CT molecular complexity index is 1550. The molecule has 0 spiro atoms. The molecule has 1 N–H and O–H groups in total. The van der Waals surface area contributed by atoms with Crippen LogP contribution in [0.3, 0.4) is 0 Å². The van der Waals surface area contributed by atoms with E-state index in [-0.39, 0.29) is 22.5 Å². The highest BCUT2D eigenvalue weighted by Gasteiger charge is 2.15. The molecule has 0 aliphatic carbocycles. The molecule has 1 aromatic carbocycles. The smallest absolute Gasteiger partial charge is 0.268 e. The van der Waals surface area contributed by atoms with Gasteiger partial charge in [-0.2, -0.15) is 9.61 Å². The molecule has 0 fully saturated rings. The van der Waals surface area contributed by atoms with Gasteiger partial charge in [-0.25, -0.2) is 23.9 Å². The first-order valence-electron chi connectivity index (χ1n) is 9.28. The molecule has 0 unspecified atom stereocenters. The molecule has 0 saturated carbocycles. The Hall–Kier alpha value is -3.38. The topological polar surface area (TPSA) is 110 Å². The van der Waals surface area contributed by atoms with Gasteiger partial charge >= 0.3 is 0 Å². The standard InChI is InChI=1S/C19H14FN7O2S2/c1-2-15-25-27-16(29)7-10(21-19(27)31-15)9-30-18-23-17(11-5-3-4-6-12(11)20)22-13-8-14(28)24-26(13)18/h3-8H,2,9H2,1H3,(H,24,28). The third-order valence-corrected chi connectivity index (χ3v) is 6.46. The van der Waals surface area contributed by atoms with Crippen LogP contribution in [-0.4, -0.2) is 34.2 Å². The van der Waals surface area contributed by atoms with Crippen LogP contribution in [0.25, 0.3) is 22.0 Å². The Kier molecular flexibility index (Phi) is 4.87. The van der Waals surface area contributed by atoms with Crippen molar-refractivity contribution in [3.63, 3.8) is 0 Å². The predicted molar refractivity (Wildman–Crippen MR) is 115 cm³/mol. The number of hydrogen-bond donors (Lipinski definition) is 1. The number of fused-ring (bicyclic) bond motifs is 2. The van der Waals surface area contributed by atoms with Crippen LogP contribution in [0.5, 0.6) is 0 Å². The normalized spacial score (nSPS) is 11.5. The lowest BCUT2D eigenvalue weighted by molar-refractivity contribution is 0.629. The lowest BCUT2D eigenvalue weighted by Gasteiger charge is -2.08. The number of benzene rings is 1. The quantitative estimate of drug-likeness (QED) is 0.406. The minimum absolute atomic E-state index is 0.165.